The van der Waals surface area contributed by atoms with Crippen LogP contribution in [0.5, 0.6) is 0 Å². The van der Waals surface area contributed by atoms with Crippen molar-refractivity contribution in [3.8, 4) is 0 Å². The molecule has 0 amide bonds. The van der Waals surface area contributed by atoms with Crippen molar-refractivity contribution in [1.82, 2.24) is 0 Å². The average Bonchev–Trinajstić information content (AvgIpc) is 1.59. The Hall–Kier alpha value is 0.506. The third-order valence-corrected chi connectivity index (χ3v) is 3.30. The Morgan fingerprint density at radius 3 is 2.12 bits per heavy atom. The van der Waals surface area contributed by atoms with Gasteiger partial charge in [-0.25, -0.2) is 4.21 Å². The Bertz CT molecular complexity index is 68.9. The van der Waals surface area contributed by atoms with Gasteiger partial charge in [0, 0.05) is 0 Å². The lowest BCUT2D eigenvalue weighted by molar-refractivity contribution is 0.468. The number of rotatable bonds is 2. The summed E-state index contributed by atoms with van der Waals surface area (Å²) in [6, 6.07) is 0. The molecular formula is C7H14Mg. The topological polar surface area (TPSA) is 0 Å². The van der Waals surface area contributed by atoms with E-state index in [1.165, 1.54) is 4.55 Å². The minimum atomic E-state index is 0.0814. The Morgan fingerprint density at radius 1 is 1.50 bits per heavy atom. The van der Waals surface area contributed by atoms with Crippen molar-refractivity contribution in [2.45, 2.75) is 25.3 Å². The van der Waals surface area contributed by atoms with Gasteiger partial charge in [0.05, 0.1) is 0 Å². The van der Waals surface area contributed by atoms with Gasteiger partial charge < -0.3 is 0 Å². The molecule has 0 spiro atoms. The molecule has 0 atom stereocenters. The Morgan fingerprint density at radius 2 is 2.00 bits per heavy atom. The average molecular weight is 122 g/mol. The lowest BCUT2D eigenvalue weighted by Gasteiger charge is -2.15. The van der Waals surface area contributed by atoms with Crippen LogP contribution in [0.1, 0.15) is 20.8 Å². The smallest absolute Gasteiger partial charge is 0.214 e. The zero-order valence-electron chi connectivity index (χ0n) is 6.20. The molecular weight excluding hydrogens is 108 g/mol. The molecule has 0 heterocycles. The predicted molar refractivity (Wildman–Crippen MR) is 40.2 cm³/mol. The van der Waals surface area contributed by atoms with Gasteiger partial charge in [0.15, 0.2) is 0 Å². The summed E-state index contributed by atoms with van der Waals surface area (Å²) in [5.74, 6) is 0. The summed E-state index contributed by atoms with van der Waals surface area (Å²) in [5, 5.41) is 0. The van der Waals surface area contributed by atoms with Gasteiger partial charge in [-0.05, 0) is 0 Å². The monoisotopic (exact) mass is 122 g/mol. The summed E-state index contributed by atoms with van der Waals surface area (Å²) in [4.78, 5) is 0. The van der Waals surface area contributed by atoms with Gasteiger partial charge in [-0.2, -0.15) is 0 Å². The third kappa shape index (κ3) is 6.51. The van der Waals surface area contributed by atoms with E-state index in [0.29, 0.717) is 5.41 Å². The highest BCUT2D eigenvalue weighted by Gasteiger charge is 2.08. The van der Waals surface area contributed by atoms with Crippen LogP contribution in [-0.4, -0.2) is 20.4 Å². The van der Waals surface area contributed by atoms with Crippen molar-refractivity contribution in [1.29, 1.82) is 0 Å². The molecule has 0 unspecified atom stereocenters. The summed E-state index contributed by atoms with van der Waals surface area (Å²) in [6.45, 7) is 10.6. The van der Waals surface area contributed by atoms with E-state index in [4.69, 9.17) is 0 Å². The van der Waals surface area contributed by atoms with Gasteiger partial charge in [0.1, 0.15) is 0 Å². The molecule has 0 aliphatic heterocycles. The minimum absolute atomic E-state index is 0.0814. The number of hydrogen-bond donors (Lipinski definition) is 0. The largest absolute Gasteiger partial charge is 0.396 e. The molecule has 0 nitrogen and oxygen atoms in total. The summed E-state index contributed by atoms with van der Waals surface area (Å²) in [6.07, 6.45) is 0. The van der Waals surface area contributed by atoms with Crippen LogP contribution in [0.4, 0.5) is 0 Å². The Labute approximate surface area is 62.1 Å². The van der Waals surface area contributed by atoms with E-state index in [9.17, 15) is 0 Å². The van der Waals surface area contributed by atoms with E-state index in [1.54, 1.807) is 0 Å². The second kappa shape index (κ2) is 3.52. The molecule has 0 aromatic rings. The molecule has 0 saturated carbocycles. The van der Waals surface area contributed by atoms with Crippen molar-refractivity contribution in [2.75, 3.05) is 0 Å². The molecule has 0 rings (SSSR count). The third-order valence-electron chi connectivity index (χ3n) is 1.10. The molecule has 0 aromatic heterocycles. The highest BCUT2D eigenvalue weighted by Crippen LogP contribution is 2.17. The molecule has 8 heavy (non-hydrogen) atoms. The quantitative estimate of drug-likeness (QED) is 0.493. The molecule has 0 aliphatic rings. The highest BCUT2D eigenvalue weighted by atomic mass is 24.5. The second-order valence-electron chi connectivity index (χ2n) is 3.39. The van der Waals surface area contributed by atoms with Crippen LogP contribution in [-0.2, 0) is 0 Å². The molecule has 44 valence electrons. The lowest BCUT2D eigenvalue weighted by atomic mass is 10.0. The van der Waals surface area contributed by atoms with Gasteiger partial charge in [-0.15, -0.1) is 11.1 Å². The first-order chi connectivity index (χ1) is 3.56. The summed E-state index contributed by atoms with van der Waals surface area (Å²) < 4.78 is 3.50. The standard InChI is InChI=1S/C5H11.C2H3.Mg/c1-5(2,3)4;1-2;/h1H2,2-4H3;1H,2H2;. The van der Waals surface area contributed by atoms with E-state index < -0.39 is 0 Å². The second-order valence-corrected chi connectivity index (χ2v) is 5.04. The molecule has 0 saturated heterocycles. The summed E-state index contributed by atoms with van der Waals surface area (Å²) in [7, 11) is 0. The van der Waals surface area contributed by atoms with Crippen LogP contribution in [0.3, 0.4) is 0 Å². The first-order valence-corrected chi connectivity index (χ1v) is 4.99. The van der Waals surface area contributed by atoms with Crippen LogP contribution in [0.2, 0.25) is 4.55 Å². The van der Waals surface area contributed by atoms with Crippen LogP contribution in [0.15, 0.2) is 10.8 Å². The van der Waals surface area contributed by atoms with Crippen molar-refractivity contribution < 1.29 is 0 Å². The van der Waals surface area contributed by atoms with Gasteiger partial charge >= 0.3 is 20.4 Å². The molecule has 0 N–H and O–H groups in total. The Kier molecular flexibility index (Phi) is 3.74. The molecule has 0 radical (unpaired) electrons. The van der Waals surface area contributed by atoms with E-state index in [1.807, 2.05) is 0 Å². The molecule has 0 fully saturated rings. The van der Waals surface area contributed by atoms with Crippen molar-refractivity contribution in [2.24, 2.45) is 5.41 Å². The number of hydrogen-bond acceptors (Lipinski definition) is 0. The molecule has 0 aromatic carbocycles. The maximum atomic E-state index is 3.73. The van der Waals surface area contributed by atoms with E-state index in [0.717, 1.165) is 0 Å². The maximum absolute atomic E-state index is 3.73. The van der Waals surface area contributed by atoms with E-state index in [-0.39, 0.29) is 20.4 Å². The molecule has 0 aliphatic carbocycles. The van der Waals surface area contributed by atoms with E-state index in [2.05, 4.69) is 31.6 Å². The fourth-order valence-electron chi connectivity index (χ4n) is 0.535. The normalized spacial score (nSPS) is 10.4. The Balaban J connectivity index is 3.24. The first-order valence-electron chi connectivity index (χ1n) is 3.17. The van der Waals surface area contributed by atoms with Gasteiger partial charge in [-0.3, -0.25) is 0 Å². The predicted octanol–water partition coefficient (Wildman–Crippen LogP) is 2.30. The highest BCUT2D eigenvalue weighted by molar-refractivity contribution is 6.41. The van der Waals surface area contributed by atoms with Crippen LogP contribution < -0.4 is 0 Å². The van der Waals surface area contributed by atoms with E-state index >= 15 is 0 Å². The summed E-state index contributed by atoms with van der Waals surface area (Å²) in [5.41, 5.74) is 0.542. The maximum Gasteiger partial charge on any atom is 0.396 e. The van der Waals surface area contributed by atoms with Crippen LogP contribution in [0.25, 0.3) is 0 Å². The van der Waals surface area contributed by atoms with Crippen LogP contribution in [0, 0.1) is 5.41 Å². The summed E-state index contributed by atoms with van der Waals surface area (Å²) >= 11 is 0.0814. The molecule has 1 heteroatoms. The molecule has 0 bridgehead atoms. The fraction of sp³-hybridized carbons (Fsp3) is 0.714. The lowest BCUT2D eigenvalue weighted by Crippen LogP contribution is -2.06. The van der Waals surface area contributed by atoms with Crippen molar-refractivity contribution in [3.05, 3.63) is 10.8 Å². The van der Waals surface area contributed by atoms with Gasteiger partial charge in [0.25, 0.3) is 0 Å². The van der Waals surface area contributed by atoms with Crippen LogP contribution >= 0.6 is 0 Å². The SMILES string of the molecule is C=[CH][Mg][CH2]C(C)(C)C. The van der Waals surface area contributed by atoms with Gasteiger partial charge in [0.2, 0.25) is 0 Å². The first kappa shape index (κ1) is 8.51. The fourth-order valence-corrected chi connectivity index (χ4v) is 1.61. The minimum Gasteiger partial charge on any atom is -0.214 e. The van der Waals surface area contributed by atoms with Crippen molar-refractivity contribution >= 4 is 20.4 Å². The zero-order valence-corrected chi connectivity index (χ0v) is 7.61. The van der Waals surface area contributed by atoms with Crippen molar-refractivity contribution in [3.63, 3.8) is 0 Å². The zero-order chi connectivity index (χ0) is 6.62. The van der Waals surface area contributed by atoms with Gasteiger partial charge in [-0.1, -0.05) is 26.2 Å².